The number of nitrogens with one attached hydrogen (secondary N) is 1. The lowest BCUT2D eigenvalue weighted by Crippen LogP contribution is -2.17. The Morgan fingerprint density at radius 3 is 2.63 bits per heavy atom. The number of sulfonamides is 1. The zero-order valence-corrected chi connectivity index (χ0v) is 11.2. The van der Waals surface area contributed by atoms with E-state index in [2.05, 4.69) is 4.72 Å². The molecule has 1 aromatic carbocycles. The van der Waals surface area contributed by atoms with Gasteiger partial charge in [0.05, 0.1) is 11.3 Å². The van der Waals surface area contributed by atoms with Gasteiger partial charge in [-0.15, -0.1) is 0 Å². The third-order valence-electron chi connectivity index (χ3n) is 2.30. The second-order valence-corrected chi connectivity index (χ2v) is 6.11. The number of nitrogen functional groups attached to an aromatic ring is 1. The number of carboxylic acids is 1. The van der Waals surface area contributed by atoms with Crippen molar-refractivity contribution in [3.05, 3.63) is 40.6 Å². The standard InChI is InChI=1S/C11H10N2O4S2/c12-7-1-2-9(11(14)15)10(5-7)19(16,17)13-8-3-4-18-6-8/h1-6,13H,12H2,(H,14,15). The monoisotopic (exact) mass is 298 g/mol. The summed E-state index contributed by atoms with van der Waals surface area (Å²) < 4.78 is 26.6. The molecule has 19 heavy (non-hydrogen) atoms. The molecule has 6 nitrogen and oxygen atoms in total. The summed E-state index contributed by atoms with van der Waals surface area (Å²) in [7, 11) is -3.99. The molecule has 8 heteroatoms. The molecule has 1 heterocycles. The molecule has 100 valence electrons. The van der Waals surface area contributed by atoms with E-state index in [1.165, 1.54) is 23.5 Å². The predicted octanol–water partition coefficient (Wildman–Crippen LogP) is 1.83. The molecule has 0 saturated heterocycles. The van der Waals surface area contributed by atoms with E-state index in [0.29, 0.717) is 5.69 Å². The van der Waals surface area contributed by atoms with Crippen molar-refractivity contribution in [2.45, 2.75) is 4.90 Å². The van der Waals surface area contributed by atoms with E-state index < -0.39 is 16.0 Å². The first kappa shape index (κ1) is 13.4. The molecule has 0 amide bonds. The molecule has 0 radical (unpaired) electrons. The fourth-order valence-electron chi connectivity index (χ4n) is 1.47. The van der Waals surface area contributed by atoms with Crippen molar-refractivity contribution in [2.75, 3.05) is 10.5 Å². The normalized spacial score (nSPS) is 11.2. The van der Waals surface area contributed by atoms with Gasteiger partial charge in [-0.1, -0.05) is 0 Å². The molecule has 0 aliphatic carbocycles. The van der Waals surface area contributed by atoms with E-state index in [4.69, 9.17) is 10.8 Å². The molecular formula is C11H10N2O4S2. The molecule has 0 aliphatic heterocycles. The van der Waals surface area contributed by atoms with Gasteiger partial charge in [0.25, 0.3) is 10.0 Å². The molecule has 0 atom stereocenters. The Balaban J connectivity index is 2.50. The summed E-state index contributed by atoms with van der Waals surface area (Å²) in [6.07, 6.45) is 0. The minimum atomic E-state index is -3.99. The molecule has 1 aromatic heterocycles. The maximum atomic E-state index is 12.2. The lowest BCUT2D eigenvalue weighted by molar-refractivity contribution is 0.0692. The van der Waals surface area contributed by atoms with Crippen LogP contribution in [-0.2, 0) is 10.0 Å². The van der Waals surface area contributed by atoms with E-state index in [9.17, 15) is 13.2 Å². The van der Waals surface area contributed by atoms with Crippen molar-refractivity contribution in [1.82, 2.24) is 0 Å². The molecule has 2 rings (SSSR count). The van der Waals surface area contributed by atoms with Crippen LogP contribution in [0.15, 0.2) is 39.9 Å². The molecule has 0 unspecified atom stereocenters. The summed E-state index contributed by atoms with van der Waals surface area (Å²) in [6.45, 7) is 0. The highest BCUT2D eigenvalue weighted by Crippen LogP contribution is 2.23. The highest BCUT2D eigenvalue weighted by molar-refractivity contribution is 7.92. The Morgan fingerprint density at radius 1 is 1.32 bits per heavy atom. The number of rotatable bonds is 4. The van der Waals surface area contributed by atoms with Crippen molar-refractivity contribution in [3.8, 4) is 0 Å². The third kappa shape index (κ3) is 2.85. The Labute approximate surface area is 113 Å². The smallest absolute Gasteiger partial charge is 0.337 e. The van der Waals surface area contributed by atoms with E-state index >= 15 is 0 Å². The number of carboxylic acid groups (broad SMARTS) is 1. The largest absolute Gasteiger partial charge is 0.478 e. The lowest BCUT2D eigenvalue weighted by atomic mass is 10.2. The van der Waals surface area contributed by atoms with Crippen LogP contribution in [0, 0.1) is 0 Å². The van der Waals surface area contributed by atoms with Crippen LogP contribution >= 0.6 is 11.3 Å². The number of anilines is 2. The van der Waals surface area contributed by atoms with Gasteiger partial charge in [-0.25, -0.2) is 13.2 Å². The minimum absolute atomic E-state index is 0.177. The SMILES string of the molecule is Nc1ccc(C(=O)O)c(S(=O)(=O)Nc2ccsc2)c1. The fraction of sp³-hybridized carbons (Fsp3) is 0. The molecule has 0 saturated carbocycles. The molecule has 0 bridgehead atoms. The Morgan fingerprint density at radius 2 is 2.05 bits per heavy atom. The van der Waals surface area contributed by atoms with Crippen molar-refractivity contribution in [3.63, 3.8) is 0 Å². The van der Waals surface area contributed by atoms with Crippen molar-refractivity contribution >= 4 is 38.7 Å². The molecule has 4 N–H and O–H groups in total. The van der Waals surface area contributed by atoms with Crippen LogP contribution in [0.25, 0.3) is 0 Å². The van der Waals surface area contributed by atoms with Gasteiger partial charge in [0.15, 0.2) is 0 Å². The zero-order valence-electron chi connectivity index (χ0n) is 9.53. The van der Waals surface area contributed by atoms with Crippen molar-refractivity contribution < 1.29 is 18.3 Å². The summed E-state index contributed by atoms with van der Waals surface area (Å²) in [5.74, 6) is -1.33. The quantitative estimate of drug-likeness (QED) is 0.746. The number of hydrogen-bond donors (Lipinski definition) is 3. The maximum Gasteiger partial charge on any atom is 0.337 e. The van der Waals surface area contributed by atoms with E-state index in [-0.39, 0.29) is 16.1 Å². The van der Waals surface area contributed by atoms with E-state index in [0.717, 1.165) is 6.07 Å². The Hall–Kier alpha value is -2.06. The third-order valence-corrected chi connectivity index (χ3v) is 4.40. The molecule has 0 spiro atoms. The Kier molecular flexibility index (Phi) is 3.45. The van der Waals surface area contributed by atoms with Gasteiger partial charge in [0.1, 0.15) is 4.90 Å². The van der Waals surface area contributed by atoms with Crippen molar-refractivity contribution in [1.29, 1.82) is 0 Å². The first-order valence-electron chi connectivity index (χ1n) is 5.08. The fourth-order valence-corrected chi connectivity index (χ4v) is 3.42. The van der Waals surface area contributed by atoms with Crippen LogP contribution < -0.4 is 10.5 Å². The van der Waals surface area contributed by atoms with E-state index in [1.807, 2.05) is 0 Å². The average molecular weight is 298 g/mol. The number of carbonyl (C=O) groups is 1. The summed E-state index contributed by atoms with van der Waals surface area (Å²) >= 11 is 1.32. The van der Waals surface area contributed by atoms with Gasteiger partial charge < -0.3 is 10.8 Å². The number of benzene rings is 1. The Bertz CT molecular complexity index is 708. The van der Waals surface area contributed by atoms with Gasteiger partial charge in [0.2, 0.25) is 0 Å². The van der Waals surface area contributed by atoms with Crippen molar-refractivity contribution in [2.24, 2.45) is 0 Å². The number of nitrogens with two attached hydrogens (primary N) is 1. The number of aromatic carboxylic acids is 1. The average Bonchev–Trinajstić information content (AvgIpc) is 2.80. The highest BCUT2D eigenvalue weighted by atomic mass is 32.2. The first-order chi connectivity index (χ1) is 8.90. The molecule has 2 aromatic rings. The zero-order chi connectivity index (χ0) is 14.0. The summed E-state index contributed by atoms with van der Waals surface area (Å²) in [5, 5.41) is 12.3. The summed E-state index contributed by atoms with van der Waals surface area (Å²) in [4.78, 5) is 10.7. The van der Waals surface area contributed by atoms with Crippen LogP contribution in [-0.4, -0.2) is 19.5 Å². The van der Waals surface area contributed by atoms with Crippen LogP contribution in [0.3, 0.4) is 0 Å². The highest BCUT2D eigenvalue weighted by Gasteiger charge is 2.22. The maximum absolute atomic E-state index is 12.2. The second kappa shape index (κ2) is 4.90. The van der Waals surface area contributed by atoms with Crippen LogP contribution in [0.1, 0.15) is 10.4 Å². The summed E-state index contributed by atoms with van der Waals surface area (Å²) in [5.41, 5.74) is 5.75. The lowest BCUT2D eigenvalue weighted by Gasteiger charge is -2.09. The molecule has 0 fully saturated rings. The van der Waals surface area contributed by atoms with Gasteiger partial charge in [0, 0.05) is 11.1 Å². The first-order valence-corrected chi connectivity index (χ1v) is 7.50. The minimum Gasteiger partial charge on any atom is -0.478 e. The van der Waals surface area contributed by atoms with E-state index in [1.54, 1.807) is 16.8 Å². The topological polar surface area (TPSA) is 109 Å². The number of thiophene rings is 1. The molecular weight excluding hydrogens is 288 g/mol. The van der Waals surface area contributed by atoms with Gasteiger partial charge in [-0.05, 0) is 29.6 Å². The second-order valence-electron chi connectivity index (χ2n) is 3.68. The van der Waals surface area contributed by atoms with Crippen LogP contribution in [0.4, 0.5) is 11.4 Å². The molecule has 0 aliphatic rings. The van der Waals surface area contributed by atoms with Crippen LogP contribution in [0.5, 0.6) is 0 Å². The van der Waals surface area contributed by atoms with Gasteiger partial charge in [-0.2, -0.15) is 11.3 Å². The van der Waals surface area contributed by atoms with Gasteiger partial charge in [-0.3, -0.25) is 4.72 Å². The summed E-state index contributed by atoms with van der Waals surface area (Å²) in [6, 6.07) is 5.21. The van der Waals surface area contributed by atoms with Gasteiger partial charge >= 0.3 is 5.97 Å². The van der Waals surface area contributed by atoms with Crippen LogP contribution in [0.2, 0.25) is 0 Å². The predicted molar refractivity (Wildman–Crippen MR) is 72.9 cm³/mol. The number of hydrogen-bond acceptors (Lipinski definition) is 5.